The molecule has 0 bridgehead atoms. The van der Waals surface area contributed by atoms with Crippen LogP contribution in [0.5, 0.6) is 5.75 Å². The monoisotopic (exact) mass is 557 g/mol. The van der Waals surface area contributed by atoms with Crippen molar-refractivity contribution in [1.29, 1.82) is 0 Å². The van der Waals surface area contributed by atoms with Gasteiger partial charge in [0.25, 0.3) is 5.91 Å². The Labute approximate surface area is 239 Å². The van der Waals surface area contributed by atoms with Crippen molar-refractivity contribution in [2.24, 2.45) is 4.99 Å². The lowest BCUT2D eigenvalue weighted by molar-refractivity contribution is -0.140. The number of aromatic amines is 1. The lowest BCUT2D eigenvalue weighted by atomic mass is 10.1. The van der Waals surface area contributed by atoms with E-state index in [1.54, 1.807) is 54.6 Å². The summed E-state index contributed by atoms with van der Waals surface area (Å²) in [5.74, 6) is 0.188. The SMILES string of the molecule is COc1ccc(NC(=N[C@H]2CCCCN(CC(=O)N3CCCC3)C2=O)NC(=O)c2ccccc2)cc1-c1ccn[nH]1. The third-order valence-electron chi connectivity index (χ3n) is 7.34. The highest BCUT2D eigenvalue weighted by Gasteiger charge is 2.30. The number of carbonyl (C=O) groups is 3. The van der Waals surface area contributed by atoms with Gasteiger partial charge in [0.1, 0.15) is 11.8 Å². The zero-order chi connectivity index (χ0) is 28.6. The normalized spacial score (nSPS) is 17.7. The molecule has 1 atom stereocenters. The Morgan fingerprint density at radius 2 is 1.83 bits per heavy atom. The number of amides is 3. The smallest absolute Gasteiger partial charge is 0.257 e. The van der Waals surface area contributed by atoms with Gasteiger partial charge in [0.2, 0.25) is 17.8 Å². The van der Waals surface area contributed by atoms with Crippen LogP contribution >= 0.6 is 0 Å². The molecule has 11 nitrogen and oxygen atoms in total. The first-order chi connectivity index (χ1) is 20.0. The molecule has 0 aliphatic carbocycles. The lowest BCUT2D eigenvalue weighted by Crippen LogP contribution is -2.45. The van der Waals surface area contributed by atoms with Crippen LogP contribution in [-0.2, 0) is 9.59 Å². The molecule has 2 aliphatic heterocycles. The Balaban J connectivity index is 1.42. The number of H-pyrrole nitrogens is 1. The summed E-state index contributed by atoms with van der Waals surface area (Å²) in [6.07, 6.45) is 5.73. The van der Waals surface area contributed by atoms with Crippen LogP contribution in [0.25, 0.3) is 11.3 Å². The number of methoxy groups -OCH3 is 1. The van der Waals surface area contributed by atoms with E-state index in [9.17, 15) is 14.4 Å². The van der Waals surface area contributed by atoms with Gasteiger partial charge in [-0.05, 0) is 68.5 Å². The number of hydrogen-bond donors (Lipinski definition) is 3. The molecule has 2 fully saturated rings. The number of anilines is 1. The number of hydrogen-bond acceptors (Lipinski definition) is 6. The van der Waals surface area contributed by atoms with E-state index in [4.69, 9.17) is 9.73 Å². The fourth-order valence-corrected chi connectivity index (χ4v) is 5.15. The highest BCUT2D eigenvalue weighted by Crippen LogP contribution is 2.31. The molecule has 3 N–H and O–H groups in total. The van der Waals surface area contributed by atoms with Crippen LogP contribution in [0.2, 0.25) is 0 Å². The highest BCUT2D eigenvalue weighted by molar-refractivity contribution is 6.10. The second-order valence-corrected chi connectivity index (χ2v) is 10.2. The van der Waals surface area contributed by atoms with Crippen molar-refractivity contribution in [2.75, 3.05) is 38.6 Å². The van der Waals surface area contributed by atoms with Crippen molar-refractivity contribution < 1.29 is 19.1 Å². The van der Waals surface area contributed by atoms with Crippen molar-refractivity contribution in [3.8, 4) is 17.0 Å². The number of likely N-dealkylation sites (tertiary alicyclic amines) is 2. The van der Waals surface area contributed by atoms with Gasteiger partial charge in [-0.1, -0.05) is 18.2 Å². The quantitative estimate of drug-likeness (QED) is 0.302. The van der Waals surface area contributed by atoms with Crippen LogP contribution in [0.4, 0.5) is 5.69 Å². The maximum atomic E-state index is 13.6. The average Bonchev–Trinajstić information content (AvgIpc) is 3.71. The molecule has 1 aromatic heterocycles. The van der Waals surface area contributed by atoms with Crippen LogP contribution in [0, 0.1) is 0 Å². The molecule has 2 aromatic carbocycles. The third-order valence-corrected chi connectivity index (χ3v) is 7.34. The predicted octanol–water partition coefficient (Wildman–Crippen LogP) is 3.29. The molecule has 3 aromatic rings. The summed E-state index contributed by atoms with van der Waals surface area (Å²) in [4.78, 5) is 47.8. The number of ether oxygens (including phenoxy) is 1. The minimum atomic E-state index is -0.743. The molecular formula is C30H35N7O4. The van der Waals surface area contributed by atoms with Crippen LogP contribution < -0.4 is 15.4 Å². The molecular weight excluding hydrogens is 522 g/mol. The molecule has 0 radical (unpaired) electrons. The van der Waals surface area contributed by atoms with Gasteiger partial charge < -0.3 is 19.9 Å². The second kappa shape index (κ2) is 13.1. The first kappa shape index (κ1) is 27.9. The average molecular weight is 558 g/mol. The van der Waals surface area contributed by atoms with E-state index in [0.717, 1.165) is 50.0 Å². The predicted molar refractivity (Wildman–Crippen MR) is 156 cm³/mol. The maximum Gasteiger partial charge on any atom is 0.257 e. The molecule has 2 saturated heterocycles. The second-order valence-electron chi connectivity index (χ2n) is 10.2. The van der Waals surface area contributed by atoms with Gasteiger partial charge in [-0.3, -0.25) is 24.8 Å². The summed E-state index contributed by atoms with van der Waals surface area (Å²) in [5.41, 5.74) is 2.61. The fourth-order valence-electron chi connectivity index (χ4n) is 5.15. The molecule has 3 amide bonds. The molecule has 214 valence electrons. The molecule has 3 heterocycles. The Bertz CT molecular complexity index is 1390. The minimum Gasteiger partial charge on any atom is -0.496 e. The van der Waals surface area contributed by atoms with Crippen LogP contribution in [0.15, 0.2) is 65.8 Å². The van der Waals surface area contributed by atoms with Gasteiger partial charge in [-0.25, -0.2) is 4.99 Å². The van der Waals surface area contributed by atoms with Crippen molar-refractivity contribution in [1.82, 2.24) is 25.3 Å². The Kier molecular flexibility index (Phi) is 8.92. The van der Waals surface area contributed by atoms with Gasteiger partial charge in [0.05, 0.1) is 19.3 Å². The Morgan fingerprint density at radius 1 is 1.05 bits per heavy atom. The Hall–Kier alpha value is -4.67. The van der Waals surface area contributed by atoms with Crippen LogP contribution in [-0.4, -0.2) is 83.0 Å². The number of guanidine groups is 1. The van der Waals surface area contributed by atoms with E-state index in [1.165, 1.54) is 0 Å². The van der Waals surface area contributed by atoms with Gasteiger partial charge in [-0.2, -0.15) is 5.10 Å². The van der Waals surface area contributed by atoms with Gasteiger partial charge in [0.15, 0.2) is 0 Å². The molecule has 5 rings (SSSR count). The zero-order valence-corrected chi connectivity index (χ0v) is 23.1. The molecule has 0 saturated carbocycles. The topological polar surface area (TPSA) is 132 Å². The van der Waals surface area contributed by atoms with Crippen LogP contribution in [0.1, 0.15) is 42.5 Å². The number of benzene rings is 2. The summed E-state index contributed by atoms with van der Waals surface area (Å²) in [7, 11) is 1.59. The molecule has 0 spiro atoms. The molecule has 11 heteroatoms. The first-order valence-electron chi connectivity index (χ1n) is 14.0. The summed E-state index contributed by atoms with van der Waals surface area (Å²) in [6.45, 7) is 2.04. The zero-order valence-electron chi connectivity index (χ0n) is 23.1. The minimum absolute atomic E-state index is 0.0271. The summed E-state index contributed by atoms with van der Waals surface area (Å²) in [5, 5.41) is 13.0. The van der Waals surface area contributed by atoms with E-state index in [-0.39, 0.29) is 30.2 Å². The Morgan fingerprint density at radius 3 is 2.56 bits per heavy atom. The van der Waals surface area contributed by atoms with Crippen LogP contribution in [0.3, 0.4) is 0 Å². The standard InChI is InChI=1S/C30H35N7O4/c1-41-26-13-12-22(19-23(26)24-14-15-31-35-24)32-30(34-28(39)21-9-3-2-4-10-21)33-25-11-5-6-18-37(29(25)40)20-27(38)36-16-7-8-17-36/h2-4,9-10,12-15,19,25H,5-8,11,16-18,20H2,1H3,(H,31,35)(H2,32,33,34,39)/t25-/m0/s1. The van der Waals surface area contributed by atoms with E-state index >= 15 is 0 Å². The third kappa shape index (κ3) is 6.92. The van der Waals surface area contributed by atoms with Gasteiger partial charge in [0, 0.05) is 42.6 Å². The fraction of sp³-hybridized carbons (Fsp3) is 0.367. The number of aliphatic imine (C=N–C) groups is 1. The largest absolute Gasteiger partial charge is 0.496 e. The molecule has 0 unspecified atom stereocenters. The van der Waals surface area contributed by atoms with Gasteiger partial charge >= 0.3 is 0 Å². The van der Waals surface area contributed by atoms with Gasteiger partial charge in [-0.15, -0.1) is 0 Å². The van der Waals surface area contributed by atoms with E-state index in [2.05, 4.69) is 20.8 Å². The summed E-state index contributed by atoms with van der Waals surface area (Å²) in [6, 6.07) is 15.4. The summed E-state index contributed by atoms with van der Waals surface area (Å²) >= 11 is 0. The lowest BCUT2D eigenvalue weighted by Gasteiger charge is -2.25. The number of rotatable bonds is 7. The van der Waals surface area contributed by atoms with Crippen molar-refractivity contribution in [2.45, 2.75) is 38.1 Å². The molecule has 2 aliphatic rings. The number of carbonyl (C=O) groups excluding carboxylic acids is 3. The molecule has 41 heavy (non-hydrogen) atoms. The summed E-state index contributed by atoms with van der Waals surface area (Å²) < 4.78 is 5.52. The van der Waals surface area contributed by atoms with E-state index < -0.39 is 6.04 Å². The maximum absolute atomic E-state index is 13.6. The van der Waals surface area contributed by atoms with Crippen molar-refractivity contribution >= 4 is 29.4 Å². The number of aromatic nitrogens is 2. The number of nitrogens with zero attached hydrogens (tertiary/aromatic N) is 4. The van der Waals surface area contributed by atoms with Crippen molar-refractivity contribution in [3.63, 3.8) is 0 Å². The van der Waals surface area contributed by atoms with Crippen molar-refractivity contribution in [3.05, 3.63) is 66.4 Å². The van der Waals surface area contributed by atoms with E-state index in [1.807, 2.05) is 23.1 Å². The first-order valence-corrected chi connectivity index (χ1v) is 14.0. The van der Waals surface area contributed by atoms with E-state index in [0.29, 0.717) is 30.0 Å². The number of nitrogens with one attached hydrogen (secondary N) is 3. The highest BCUT2D eigenvalue weighted by atomic mass is 16.5.